The second kappa shape index (κ2) is 2.45. The smallest absolute Gasteiger partial charge is 0.226 e. The minimum Gasteiger partial charge on any atom is -0.265 e. The van der Waals surface area contributed by atoms with Crippen LogP contribution in [0.3, 0.4) is 0 Å². The normalized spacial score (nSPS) is 9.82. The summed E-state index contributed by atoms with van der Waals surface area (Å²) in [4.78, 5) is 3.86. The number of hydrogen-bond donors (Lipinski definition) is 0. The Morgan fingerprint density at radius 1 is 1.27 bits per heavy atom. The van der Waals surface area contributed by atoms with E-state index in [1.807, 2.05) is 0 Å². The van der Waals surface area contributed by atoms with Crippen molar-refractivity contribution in [1.82, 2.24) is 25.2 Å². The average Bonchev–Trinajstić information content (AvgIpc) is 2.58. The SMILES string of the molecule is [c]1nnnn1-c1ccncc1. The zero-order valence-corrected chi connectivity index (χ0v) is 5.55. The van der Waals surface area contributed by atoms with Gasteiger partial charge in [0.05, 0.1) is 5.69 Å². The Labute approximate surface area is 62.7 Å². The zero-order chi connectivity index (χ0) is 7.52. The van der Waals surface area contributed by atoms with Crippen molar-refractivity contribution in [1.29, 1.82) is 0 Å². The first kappa shape index (κ1) is 5.96. The van der Waals surface area contributed by atoms with Crippen LogP contribution in [0.15, 0.2) is 24.5 Å². The number of tetrazole rings is 1. The highest BCUT2D eigenvalue weighted by atomic mass is 15.5. The minimum atomic E-state index is 0.852. The maximum Gasteiger partial charge on any atom is 0.226 e. The highest BCUT2D eigenvalue weighted by Crippen LogP contribution is 1.99. The van der Waals surface area contributed by atoms with Crippen LogP contribution in [0.5, 0.6) is 0 Å². The van der Waals surface area contributed by atoms with E-state index in [0.717, 1.165) is 5.69 Å². The lowest BCUT2D eigenvalue weighted by Gasteiger charge is -1.93. The Morgan fingerprint density at radius 2 is 2.09 bits per heavy atom. The first-order valence-corrected chi connectivity index (χ1v) is 3.03. The number of aromatic nitrogens is 5. The summed E-state index contributed by atoms with van der Waals surface area (Å²) in [6.45, 7) is 0. The molecule has 0 saturated heterocycles. The molecule has 0 amide bonds. The molecule has 53 valence electrons. The quantitative estimate of drug-likeness (QED) is 0.561. The minimum absolute atomic E-state index is 0.852. The predicted octanol–water partition coefficient (Wildman–Crippen LogP) is -0.143. The first-order valence-electron chi connectivity index (χ1n) is 3.03. The summed E-state index contributed by atoms with van der Waals surface area (Å²) in [5, 5.41) is 10.5. The third-order valence-electron chi connectivity index (χ3n) is 1.22. The van der Waals surface area contributed by atoms with Crippen LogP contribution < -0.4 is 0 Å². The van der Waals surface area contributed by atoms with E-state index in [4.69, 9.17) is 0 Å². The molecular formula is C6H4N5. The van der Waals surface area contributed by atoms with E-state index in [-0.39, 0.29) is 0 Å². The van der Waals surface area contributed by atoms with Crippen LogP contribution in [0, 0.1) is 6.33 Å². The molecule has 2 heterocycles. The van der Waals surface area contributed by atoms with Crippen LogP contribution in [0.1, 0.15) is 0 Å². The molecule has 2 rings (SSSR count). The van der Waals surface area contributed by atoms with Gasteiger partial charge in [0.15, 0.2) is 0 Å². The molecule has 5 nitrogen and oxygen atoms in total. The van der Waals surface area contributed by atoms with Gasteiger partial charge in [-0.15, -0.1) is 5.10 Å². The second-order valence-electron chi connectivity index (χ2n) is 1.90. The molecule has 0 atom stereocenters. The fraction of sp³-hybridized carbons (Fsp3) is 0. The fourth-order valence-corrected chi connectivity index (χ4v) is 0.737. The van der Waals surface area contributed by atoms with Crippen molar-refractivity contribution < 1.29 is 0 Å². The Bertz CT molecular complexity index is 314. The van der Waals surface area contributed by atoms with Crippen molar-refractivity contribution in [2.24, 2.45) is 0 Å². The molecule has 0 aliphatic carbocycles. The van der Waals surface area contributed by atoms with E-state index in [9.17, 15) is 0 Å². The summed E-state index contributed by atoms with van der Waals surface area (Å²) in [7, 11) is 0. The topological polar surface area (TPSA) is 56.5 Å². The second-order valence-corrected chi connectivity index (χ2v) is 1.90. The Hall–Kier alpha value is -1.78. The number of pyridine rings is 1. The summed E-state index contributed by atoms with van der Waals surface area (Å²) >= 11 is 0. The standard InChI is InChI=1S/C6H4N5/c1-3-7-4-2-6(1)11-5-8-9-10-11/h1-4H. The lowest BCUT2D eigenvalue weighted by molar-refractivity contribution is 0.786. The third kappa shape index (κ3) is 1.07. The number of nitrogens with zero attached hydrogens (tertiary/aromatic N) is 5. The van der Waals surface area contributed by atoms with Gasteiger partial charge in [-0.3, -0.25) is 4.98 Å². The molecule has 11 heavy (non-hydrogen) atoms. The number of hydrogen-bond acceptors (Lipinski definition) is 4. The molecule has 0 N–H and O–H groups in total. The molecule has 0 bridgehead atoms. The van der Waals surface area contributed by atoms with Crippen molar-refractivity contribution >= 4 is 0 Å². The summed E-state index contributed by atoms with van der Waals surface area (Å²) in [5.74, 6) is 0. The molecule has 0 aliphatic heterocycles. The predicted molar refractivity (Wildman–Crippen MR) is 35.8 cm³/mol. The van der Waals surface area contributed by atoms with Crippen LogP contribution in [-0.2, 0) is 0 Å². The molecule has 0 unspecified atom stereocenters. The van der Waals surface area contributed by atoms with Crippen molar-refractivity contribution in [3.63, 3.8) is 0 Å². The molecule has 0 fully saturated rings. The van der Waals surface area contributed by atoms with Gasteiger partial charge in [0.1, 0.15) is 0 Å². The fourth-order valence-electron chi connectivity index (χ4n) is 0.737. The maximum atomic E-state index is 3.86. The molecular weight excluding hydrogens is 142 g/mol. The van der Waals surface area contributed by atoms with Crippen molar-refractivity contribution in [3.05, 3.63) is 30.9 Å². The molecule has 2 aromatic heterocycles. The van der Waals surface area contributed by atoms with Crippen LogP contribution in [-0.4, -0.2) is 25.2 Å². The van der Waals surface area contributed by atoms with Gasteiger partial charge in [-0.2, -0.15) is 4.68 Å². The van der Waals surface area contributed by atoms with Crippen molar-refractivity contribution in [3.8, 4) is 5.69 Å². The Balaban J connectivity index is 2.46. The summed E-state index contributed by atoms with van der Waals surface area (Å²) in [5.41, 5.74) is 0.852. The van der Waals surface area contributed by atoms with Gasteiger partial charge in [-0.25, -0.2) is 0 Å². The lowest BCUT2D eigenvalue weighted by atomic mass is 10.4. The first-order chi connectivity index (χ1) is 5.47. The molecule has 1 radical (unpaired) electrons. The number of rotatable bonds is 1. The lowest BCUT2D eigenvalue weighted by Crippen LogP contribution is -1.94. The van der Waals surface area contributed by atoms with Crippen LogP contribution >= 0.6 is 0 Å². The van der Waals surface area contributed by atoms with Gasteiger partial charge in [-0.05, 0) is 22.6 Å². The molecule has 2 aromatic rings. The molecule has 0 spiro atoms. The van der Waals surface area contributed by atoms with Gasteiger partial charge < -0.3 is 0 Å². The highest BCUT2D eigenvalue weighted by Gasteiger charge is 1.94. The van der Waals surface area contributed by atoms with Crippen molar-refractivity contribution in [2.45, 2.75) is 0 Å². The molecule has 5 heteroatoms. The third-order valence-corrected chi connectivity index (χ3v) is 1.22. The monoisotopic (exact) mass is 146 g/mol. The molecule has 0 aliphatic rings. The molecule has 0 aromatic carbocycles. The zero-order valence-electron chi connectivity index (χ0n) is 5.55. The van der Waals surface area contributed by atoms with Gasteiger partial charge in [0, 0.05) is 12.4 Å². The Morgan fingerprint density at radius 3 is 2.73 bits per heavy atom. The van der Waals surface area contributed by atoms with Gasteiger partial charge in [0.25, 0.3) is 0 Å². The van der Waals surface area contributed by atoms with E-state index >= 15 is 0 Å². The van der Waals surface area contributed by atoms with Crippen LogP contribution in [0.4, 0.5) is 0 Å². The van der Waals surface area contributed by atoms with Gasteiger partial charge in [0.2, 0.25) is 6.33 Å². The van der Waals surface area contributed by atoms with Crippen molar-refractivity contribution in [2.75, 3.05) is 0 Å². The molecule has 0 saturated carbocycles. The Kier molecular flexibility index (Phi) is 1.33. The summed E-state index contributed by atoms with van der Waals surface area (Å²) in [6.07, 6.45) is 5.91. The summed E-state index contributed by atoms with van der Waals surface area (Å²) < 4.78 is 1.45. The van der Waals surface area contributed by atoms with Gasteiger partial charge >= 0.3 is 0 Å². The van der Waals surface area contributed by atoms with Gasteiger partial charge in [-0.1, -0.05) is 0 Å². The maximum absolute atomic E-state index is 3.86. The van der Waals surface area contributed by atoms with Crippen LogP contribution in [0.25, 0.3) is 5.69 Å². The van der Waals surface area contributed by atoms with E-state index in [2.05, 4.69) is 26.8 Å². The highest BCUT2D eigenvalue weighted by molar-refractivity contribution is 5.25. The van der Waals surface area contributed by atoms with E-state index in [1.54, 1.807) is 24.5 Å². The largest absolute Gasteiger partial charge is 0.265 e. The van der Waals surface area contributed by atoms with E-state index in [0.29, 0.717) is 0 Å². The summed E-state index contributed by atoms with van der Waals surface area (Å²) in [6, 6.07) is 3.60. The van der Waals surface area contributed by atoms with E-state index in [1.165, 1.54) is 4.68 Å². The van der Waals surface area contributed by atoms with Crippen LogP contribution in [0.2, 0.25) is 0 Å². The van der Waals surface area contributed by atoms with E-state index < -0.39 is 0 Å². The average molecular weight is 146 g/mol.